The maximum Gasteiger partial charge on any atom is 0.244 e. The Kier molecular flexibility index (Phi) is 4.76. The maximum atomic E-state index is 12.1. The summed E-state index contributed by atoms with van der Waals surface area (Å²) < 4.78 is 2.11. The summed E-state index contributed by atoms with van der Waals surface area (Å²) in [6.45, 7) is 3.19. The third-order valence-corrected chi connectivity index (χ3v) is 4.33. The number of aromatic nitrogens is 3. The van der Waals surface area contributed by atoms with Crippen LogP contribution < -0.4 is 5.32 Å². The minimum Gasteiger partial charge on any atom is -0.345 e. The molecular formula is C17H19ClN4O. The molecule has 1 aromatic heterocycles. The number of nitrogens with one attached hydrogen (secondary N) is 1. The number of carbonyl (C=O) groups is 1. The van der Waals surface area contributed by atoms with Gasteiger partial charge in [-0.3, -0.25) is 4.79 Å². The largest absolute Gasteiger partial charge is 0.345 e. The van der Waals surface area contributed by atoms with Crippen molar-refractivity contribution in [1.29, 1.82) is 0 Å². The van der Waals surface area contributed by atoms with E-state index in [4.69, 9.17) is 11.6 Å². The quantitative estimate of drug-likeness (QED) is 0.877. The minimum absolute atomic E-state index is 0.157. The third-order valence-electron chi connectivity index (χ3n) is 4.00. The molecule has 120 valence electrons. The van der Waals surface area contributed by atoms with Gasteiger partial charge >= 0.3 is 0 Å². The molecule has 0 atom stereocenters. The zero-order valence-electron chi connectivity index (χ0n) is 13.1. The zero-order chi connectivity index (χ0) is 16.2. The number of fused-ring (bicyclic) bond motifs is 1. The third kappa shape index (κ3) is 3.62. The lowest BCUT2D eigenvalue weighted by Crippen LogP contribution is -2.24. The number of nitrogens with zero attached hydrogens (tertiary/aromatic N) is 3. The maximum absolute atomic E-state index is 12.1. The van der Waals surface area contributed by atoms with E-state index in [0.29, 0.717) is 11.6 Å². The van der Waals surface area contributed by atoms with Gasteiger partial charge in [-0.15, -0.1) is 10.2 Å². The van der Waals surface area contributed by atoms with Crippen molar-refractivity contribution in [2.45, 2.75) is 39.3 Å². The van der Waals surface area contributed by atoms with Crippen molar-refractivity contribution >= 4 is 23.1 Å². The second-order valence-electron chi connectivity index (χ2n) is 5.67. The summed E-state index contributed by atoms with van der Waals surface area (Å²) in [5, 5.41) is 11.9. The molecule has 5 nitrogen and oxygen atoms in total. The fraction of sp³-hybridized carbons (Fsp3) is 0.353. The molecule has 23 heavy (non-hydrogen) atoms. The SMILES string of the molecule is CC(=CC(=O)NCc1nnc2n1CCCC2)c1ccccc1Cl. The monoisotopic (exact) mass is 330 g/mol. The van der Waals surface area contributed by atoms with Crippen molar-refractivity contribution in [3.63, 3.8) is 0 Å². The average molecular weight is 331 g/mol. The van der Waals surface area contributed by atoms with Crippen LogP contribution in [0.15, 0.2) is 30.3 Å². The molecule has 0 saturated carbocycles. The van der Waals surface area contributed by atoms with Gasteiger partial charge in [-0.25, -0.2) is 0 Å². The van der Waals surface area contributed by atoms with Gasteiger partial charge in [-0.05, 0) is 37.0 Å². The lowest BCUT2D eigenvalue weighted by molar-refractivity contribution is -0.116. The average Bonchev–Trinajstić information content (AvgIpc) is 2.96. The highest BCUT2D eigenvalue weighted by Crippen LogP contribution is 2.22. The summed E-state index contributed by atoms with van der Waals surface area (Å²) in [6, 6.07) is 7.48. The van der Waals surface area contributed by atoms with Gasteiger partial charge in [-0.2, -0.15) is 0 Å². The summed E-state index contributed by atoms with van der Waals surface area (Å²) in [5.74, 6) is 1.68. The van der Waals surface area contributed by atoms with Gasteiger partial charge in [0, 0.05) is 24.1 Å². The standard InChI is InChI=1S/C17H19ClN4O/c1-12(13-6-2-3-7-14(13)18)10-17(23)19-11-16-21-20-15-8-4-5-9-22(15)16/h2-3,6-7,10H,4-5,8-9,11H2,1H3,(H,19,23). The summed E-state index contributed by atoms with van der Waals surface area (Å²) >= 11 is 6.15. The Morgan fingerprint density at radius 3 is 3.00 bits per heavy atom. The molecule has 0 saturated heterocycles. The number of hydrogen-bond acceptors (Lipinski definition) is 3. The number of rotatable bonds is 4. The van der Waals surface area contributed by atoms with E-state index in [9.17, 15) is 4.79 Å². The molecule has 0 aliphatic carbocycles. The van der Waals surface area contributed by atoms with Crippen molar-refractivity contribution in [2.24, 2.45) is 0 Å². The van der Waals surface area contributed by atoms with Gasteiger partial charge in [0.1, 0.15) is 5.82 Å². The Morgan fingerprint density at radius 1 is 1.35 bits per heavy atom. The first-order valence-electron chi connectivity index (χ1n) is 7.77. The van der Waals surface area contributed by atoms with E-state index < -0.39 is 0 Å². The Balaban J connectivity index is 1.65. The Hall–Kier alpha value is -2.14. The van der Waals surface area contributed by atoms with Crippen molar-refractivity contribution in [3.8, 4) is 0 Å². The van der Waals surface area contributed by atoms with Crippen molar-refractivity contribution < 1.29 is 4.79 Å². The molecule has 0 bridgehead atoms. The van der Waals surface area contributed by atoms with E-state index in [0.717, 1.165) is 48.6 Å². The van der Waals surface area contributed by atoms with Crippen LogP contribution in [-0.4, -0.2) is 20.7 Å². The molecule has 0 unspecified atom stereocenters. The number of halogens is 1. The Labute approximate surface area is 140 Å². The van der Waals surface area contributed by atoms with Crippen LogP contribution in [0.2, 0.25) is 5.02 Å². The van der Waals surface area contributed by atoms with Crippen LogP contribution in [0.4, 0.5) is 0 Å². The topological polar surface area (TPSA) is 59.8 Å². The number of amides is 1. The molecule has 2 aromatic rings. The molecule has 3 rings (SSSR count). The van der Waals surface area contributed by atoms with E-state index >= 15 is 0 Å². The van der Waals surface area contributed by atoms with Crippen LogP contribution in [0.5, 0.6) is 0 Å². The first kappa shape index (κ1) is 15.7. The highest BCUT2D eigenvalue weighted by atomic mass is 35.5. The van der Waals surface area contributed by atoms with E-state index in [1.54, 1.807) is 6.08 Å². The van der Waals surface area contributed by atoms with Crippen LogP contribution in [0, 0.1) is 0 Å². The number of allylic oxidation sites excluding steroid dienone is 1. The Morgan fingerprint density at radius 2 is 2.17 bits per heavy atom. The number of aryl methyl sites for hydroxylation is 1. The van der Waals surface area contributed by atoms with Gasteiger partial charge in [0.2, 0.25) is 5.91 Å². The lowest BCUT2D eigenvalue weighted by Gasteiger charge is -2.14. The molecule has 6 heteroatoms. The number of hydrogen-bond donors (Lipinski definition) is 1. The summed E-state index contributed by atoms with van der Waals surface area (Å²) in [5.41, 5.74) is 1.69. The fourth-order valence-electron chi connectivity index (χ4n) is 2.77. The van der Waals surface area contributed by atoms with Gasteiger partial charge < -0.3 is 9.88 Å². The van der Waals surface area contributed by atoms with Crippen molar-refractivity contribution in [2.75, 3.05) is 0 Å². The second-order valence-corrected chi connectivity index (χ2v) is 6.07. The molecule has 1 N–H and O–H groups in total. The van der Waals surface area contributed by atoms with Crippen molar-refractivity contribution in [1.82, 2.24) is 20.1 Å². The highest BCUT2D eigenvalue weighted by molar-refractivity contribution is 6.32. The minimum atomic E-state index is -0.157. The first-order valence-corrected chi connectivity index (χ1v) is 8.15. The molecule has 0 spiro atoms. The summed E-state index contributed by atoms with van der Waals surface area (Å²) in [6.07, 6.45) is 4.82. The summed E-state index contributed by atoms with van der Waals surface area (Å²) in [7, 11) is 0. The first-order chi connectivity index (χ1) is 11.1. The van der Waals surface area contributed by atoms with Crippen LogP contribution in [-0.2, 0) is 24.3 Å². The van der Waals surface area contributed by atoms with E-state index in [1.165, 1.54) is 0 Å². The number of benzene rings is 1. The van der Waals surface area contributed by atoms with E-state index in [-0.39, 0.29) is 5.91 Å². The predicted molar refractivity (Wildman–Crippen MR) is 89.9 cm³/mol. The van der Waals surface area contributed by atoms with Crippen molar-refractivity contribution in [3.05, 3.63) is 52.6 Å². The zero-order valence-corrected chi connectivity index (χ0v) is 13.8. The predicted octanol–water partition coefficient (Wildman–Crippen LogP) is 2.99. The van der Waals surface area contributed by atoms with E-state index in [1.807, 2.05) is 31.2 Å². The van der Waals surface area contributed by atoms with Crippen LogP contribution in [0.3, 0.4) is 0 Å². The molecule has 0 radical (unpaired) electrons. The molecular weight excluding hydrogens is 312 g/mol. The second kappa shape index (κ2) is 6.96. The molecule has 1 aliphatic rings. The number of carbonyl (C=O) groups excluding carboxylic acids is 1. The normalized spacial score (nSPS) is 14.4. The molecule has 1 aliphatic heterocycles. The fourth-order valence-corrected chi connectivity index (χ4v) is 3.06. The molecule has 0 fully saturated rings. The van der Waals surface area contributed by atoms with Crippen LogP contribution in [0.1, 0.15) is 37.0 Å². The molecule has 1 aromatic carbocycles. The van der Waals surface area contributed by atoms with E-state index in [2.05, 4.69) is 20.1 Å². The van der Waals surface area contributed by atoms with Gasteiger partial charge in [0.05, 0.1) is 6.54 Å². The highest BCUT2D eigenvalue weighted by Gasteiger charge is 2.15. The Bertz CT molecular complexity index is 751. The van der Waals surface area contributed by atoms with Gasteiger partial charge in [0.15, 0.2) is 5.82 Å². The van der Waals surface area contributed by atoms with Gasteiger partial charge in [0.25, 0.3) is 0 Å². The smallest absolute Gasteiger partial charge is 0.244 e. The van der Waals surface area contributed by atoms with Gasteiger partial charge in [-0.1, -0.05) is 29.8 Å². The summed E-state index contributed by atoms with van der Waals surface area (Å²) in [4.78, 5) is 12.1. The van der Waals surface area contributed by atoms with Crippen LogP contribution in [0.25, 0.3) is 5.57 Å². The molecule has 2 heterocycles. The molecule has 1 amide bonds. The lowest BCUT2D eigenvalue weighted by atomic mass is 10.1. The van der Waals surface area contributed by atoms with Crippen LogP contribution >= 0.6 is 11.6 Å².